The third-order valence-corrected chi connectivity index (χ3v) is 6.02. The molecule has 1 aliphatic heterocycles. The van der Waals surface area contributed by atoms with E-state index in [0.29, 0.717) is 22.4 Å². The summed E-state index contributed by atoms with van der Waals surface area (Å²) < 4.78 is 9.81. The number of rotatable bonds is 6. The minimum Gasteiger partial charge on any atom is -0.491 e. The fraction of sp³-hybridized carbons (Fsp3) is 0.476. The van der Waals surface area contributed by atoms with Gasteiger partial charge in [-0.3, -0.25) is 13.9 Å². The van der Waals surface area contributed by atoms with Gasteiger partial charge >= 0.3 is 5.69 Å². The number of hydrogen-bond donors (Lipinski definition) is 1. The third-order valence-electron chi connectivity index (χ3n) is 5.76. The molecule has 3 aromatic rings. The highest BCUT2D eigenvalue weighted by molar-refractivity contribution is 6.30. The number of nitrogens with zero attached hydrogens (tertiary/aromatic N) is 6. The molecule has 4 rings (SSSR count). The van der Waals surface area contributed by atoms with Gasteiger partial charge in [-0.05, 0) is 31.3 Å². The lowest BCUT2D eigenvalue weighted by Crippen LogP contribution is -2.45. The molecule has 0 aliphatic carbocycles. The second-order valence-corrected chi connectivity index (χ2v) is 8.55. The van der Waals surface area contributed by atoms with Gasteiger partial charge in [0.05, 0.1) is 6.54 Å². The molecule has 1 aromatic carbocycles. The van der Waals surface area contributed by atoms with Gasteiger partial charge in [0.1, 0.15) is 18.5 Å². The highest BCUT2D eigenvalue weighted by Gasteiger charge is 2.26. The average molecular weight is 463 g/mol. The van der Waals surface area contributed by atoms with E-state index in [1.807, 2.05) is 0 Å². The van der Waals surface area contributed by atoms with Gasteiger partial charge in [-0.1, -0.05) is 11.6 Å². The Morgan fingerprint density at radius 3 is 2.38 bits per heavy atom. The van der Waals surface area contributed by atoms with E-state index in [4.69, 9.17) is 16.3 Å². The molecule has 1 atom stereocenters. The summed E-state index contributed by atoms with van der Waals surface area (Å²) in [5.41, 5.74) is -0.294. The number of anilines is 1. The molecular weight excluding hydrogens is 436 g/mol. The van der Waals surface area contributed by atoms with E-state index >= 15 is 0 Å². The minimum atomic E-state index is -0.906. The van der Waals surface area contributed by atoms with Crippen molar-refractivity contribution in [3.8, 4) is 5.75 Å². The van der Waals surface area contributed by atoms with Crippen molar-refractivity contribution in [1.82, 2.24) is 23.6 Å². The number of aliphatic hydroxyl groups excluding tert-OH is 1. The summed E-state index contributed by atoms with van der Waals surface area (Å²) in [6, 6.07) is 6.87. The zero-order valence-electron chi connectivity index (χ0n) is 18.4. The Bertz CT molecular complexity index is 1220. The maximum atomic E-state index is 13.0. The van der Waals surface area contributed by atoms with E-state index < -0.39 is 17.4 Å². The standard InChI is InChI=1S/C21H27ClN6O4/c1-24-8-10-27(11-9-24)20-23-18-17(19(30)26(3)21(31)25(18)2)28(20)12-15(29)13-32-16-6-4-14(22)5-7-16/h4-7,15,29H,8-13H2,1-3H3/t15-/m1/s1. The number of aryl methyl sites for hydroxylation is 1. The quantitative estimate of drug-likeness (QED) is 0.562. The topological polar surface area (TPSA) is 97.8 Å². The van der Waals surface area contributed by atoms with Gasteiger partial charge in [0.2, 0.25) is 5.95 Å². The van der Waals surface area contributed by atoms with Crippen molar-refractivity contribution in [1.29, 1.82) is 0 Å². The normalized spacial score (nSPS) is 16.0. The molecule has 1 saturated heterocycles. The number of aromatic nitrogens is 4. The van der Waals surface area contributed by atoms with Crippen molar-refractivity contribution < 1.29 is 9.84 Å². The first-order valence-corrected chi connectivity index (χ1v) is 10.8. The SMILES string of the molecule is CN1CCN(c2nc3c(c(=O)n(C)c(=O)n3C)n2C[C@@H](O)COc2ccc(Cl)cc2)CC1. The zero-order chi connectivity index (χ0) is 23.0. The molecule has 0 bridgehead atoms. The number of aliphatic hydroxyl groups is 1. The predicted octanol–water partition coefficient (Wildman–Crippen LogP) is 0.279. The van der Waals surface area contributed by atoms with E-state index in [-0.39, 0.29) is 18.7 Å². The summed E-state index contributed by atoms with van der Waals surface area (Å²) in [6.07, 6.45) is -0.906. The number of halogens is 1. The molecule has 0 amide bonds. The Labute approximate surface area is 189 Å². The molecule has 2 aromatic heterocycles. The van der Waals surface area contributed by atoms with Crippen LogP contribution < -0.4 is 20.9 Å². The number of imidazole rings is 1. The van der Waals surface area contributed by atoms with Crippen LogP contribution in [0.1, 0.15) is 0 Å². The van der Waals surface area contributed by atoms with Crippen LogP contribution in [0, 0.1) is 0 Å². The van der Waals surface area contributed by atoms with Gasteiger partial charge in [0.25, 0.3) is 5.56 Å². The van der Waals surface area contributed by atoms with E-state index in [2.05, 4.69) is 21.8 Å². The molecule has 172 valence electrons. The molecular formula is C21H27ClN6O4. The van der Waals surface area contributed by atoms with Gasteiger partial charge in [0, 0.05) is 45.3 Å². The molecule has 0 radical (unpaired) electrons. The minimum absolute atomic E-state index is 0.0234. The number of fused-ring (bicyclic) bond motifs is 1. The summed E-state index contributed by atoms with van der Waals surface area (Å²) >= 11 is 5.90. The molecule has 10 nitrogen and oxygen atoms in total. The summed E-state index contributed by atoms with van der Waals surface area (Å²) in [4.78, 5) is 34.4. The largest absolute Gasteiger partial charge is 0.491 e. The van der Waals surface area contributed by atoms with E-state index in [9.17, 15) is 14.7 Å². The van der Waals surface area contributed by atoms with Crippen LogP contribution in [0.2, 0.25) is 5.02 Å². The van der Waals surface area contributed by atoms with E-state index in [1.54, 1.807) is 35.9 Å². The van der Waals surface area contributed by atoms with Gasteiger partial charge < -0.3 is 24.2 Å². The van der Waals surface area contributed by atoms with Crippen LogP contribution in [0.15, 0.2) is 33.9 Å². The highest BCUT2D eigenvalue weighted by Crippen LogP contribution is 2.22. The second kappa shape index (κ2) is 8.97. The van der Waals surface area contributed by atoms with Crippen LogP contribution >= 0.6 is 11.6 Å². The zero-order valence-corrected chi connectivity index (χ0v) is 19.1. The molecule has 1 aliphatic rings. The van der Waals surface area contributed by atoms with Gasteiger partial charge in [-0.15, -0.1) is 0 Å². The Morgan fingerprint density at radius 1 is 1.06 bits per heavy atom. The molecule has 0 spiro atoms. The van der Waals surface area contributed by atoms with E-state index in [1.165, 1.54) is 11.6 Å². The Balaban J connectivity index is 1.69. The van der Waals surface area contributed by atoms with Crippen LogP contribution in [-0.2, 0) is 20.6 Å². The summed E-state index contributed by atoms with van der Waals surface area (Å²) in [6.45, 7) is 3.27. The van der Waals surface area contributed by atoms with E-state index in [0.717, 1.165) is 30.7 Å². The number of ether oxygens (including phenoxy) is 1. The maximum absolute atomic E-state index is 13.0. The van der Waals surface area contributed by atoms with Crippen molar-refractivity contribution in [2.24, 2.45) is 14.1 Å². The molecule has 0 saturated carbocycles. The fourth-order valence-electron chi connectivity index (χ4n) is 3.84. The van der Waals surface area contributed by atoms with Gasteiger partial charge in [-0.25, -0.2) is 4.79 Å². The second-order valence-electron chi connectivity index (χ2n) is 8.11. The Hall–Kier alpha value is -2.82. The molecule has 1 fully saturated rings. The van der Waals surface area contributed by atoms with Crippen molar-refractivity contribution in [2.75, 3.05) is 44.7 Å². The van der Waals surface area contributed by atoms with Gasteiger partial charge in [0.15, 0.2) is 11.2 Å². The first-order valence-electron chi connectivity index (χ1n) is 10.4. The number of piperazine rings is 1. The molecule has 32 heavy (non-hydrogen) atoms. The van der Waals surface area contributed by atoms with Crippen LogP contribution in [0.25, 0.3) is 11.2 Å². The summed E-state index contributed by atoms with van der Waals surface area (Å²) in [5, 5.41) is 11.3. The Morgan fingerprint density at radius 2 is 1.72 bits per heavy atom. The van der Waals surface area contributed by atoms with Crippen molar-refractivity contribution in [2.45, 2.75) is 12.6 Å². The monoisotopic (exact) mass is 462 g/mol. The van der Waals surface area contributed by atoms with Crippen molar-refractivity contribution >= 4 is 28.7 Å². The summed E-state index contributed by atoms with van der Waals surface area (Å²) in [5.74, 6) is 1.15. The predicted molar refractivity (Wildman–Crippen MR) is 123 cm³/mol. The molecule has 0 unspecified atom stereocenters. The fourth-order valence-corrected chi connectivity index (χ4v) is 3.97. The molecule has 1 N–H and O–H groups in total. The number of hydrogen-bond acceptors (Lipinski definition) is 7. The Kier molecular flexibility index (Phi) is 6.27. The average Bonchev–Trinajstić information content (AvgIpc) is 3.15. The van der Waals surface area contributed by atoms with Crippen LogP contribution in [-0.4, -0.2) is 74.6 Å². The van der Waals surface area contributed by atoms with Crippen molar-refractivity contribution in [3.05, 3.63) is 50.1 Å². The number of benzene rings is 1. The maximum Gasteiger partial charge on any atom is 0.332 e. The third kappa shape index (κ3) is 4.25. The molecule has 11 heteroatoms. The van der Waals surface area contributed by atoms with Gasteiger partial charge in [-0.2, -0.15) is 4.98 Å². The lowest BCUT2D eigenvalue weighted by molar-refractivity contribution is 0.0935. The van der Waals surface area contributed by atoms with Crippen LogP contribution in [0.4, 0.5) is 5.95 Å². The first-order chi connectivity index (χ1) is 15.3. The smallest absolute Gasteiger partial charge is 0.332 e. The molecule has 3 heterocycles. The first kappa shape index (κ1) is 22.4. The lowest BCUT2D eigenvalue weighted by Gasteiger charge is -2.33. The van der Waals surface area contributed by atoms with Crippen molar-refractivity contribution in [3.63, 3.8) is 0 Å². The highest BCUT2D eigenvalue weighted by atomic mass is 35.5. The van der Waals surface area contributed by atoms with Crippen LogP contribution in [0.5, 0.6) is 5.75 Å². The lowest BCUT2D eigenvalue weighted by atomic mass is 10.3. The number of likely N-dealkylation sites (N-methyl/N-ethyl adjacent to an activating group) is 1. The van der Waals surface area contributed by atoms with Crippen LogP contribution in [0.3, 0.4) is 0 Å². The summed E-state index contributed by atoms with van der Waals surface area (Å²) in [7, 11) is 5.09.